The molecule has 1 rings (SSSR count). The van der Waals surface area contributed by atoms with Crippen LogP contribution in [0.15, 0.2) is 24.3 Å². The van der Waals surface area contributed by atoms with E-state index in [0.29, 0.717) is 0 Å². The standard InChI is InChI=1S/C14H23NO/c1-4-12-7-9-13(10-8-12)14(5-2,11-16)15-6-3/h7-10,15-16H,4-6,11H2,1-3H3. The Bertz CT molecular complexity index is 301. The molecule has 0 saturated carbocycles. The van der Waals surface area contributed by atoms with Gasteiger partial charge >= 0.3 is 0 Å². The summed E-state index contributed by atoms with van der Waals surface area (Å²) in [5.74, 6) is 0. The Morgan fingerprint density at radius 2 is 1.75 bits per heavy atom. The van der Waals surface area contributed by atoms with Gasteiger partial charge in [-0.1, -0.05) is 45.0 Å². The first-order chi connectivity index (χ1) is 7.72. The second-order valence-corrected chi connectivity index (χ2v) is 4.17. The largest absolute Gasteiger partial charge is 0.394 e. The first-order valence-electron chi connectivity index (χ1n) is 6.17. The molecule has 2 N–H and O–H groups in total. The fourth-order valence-electron chi connectivity index (χ4n) is 2.09. The van der Waals surface area contributed by atoms with Crippen molar-refractivity contribution in [3.63, 3.8) is 0 Å². The molecule has 0 amide bonds. The van der Waals surface area contributed by atoms with Gasteiger partial charge in [-0.3, -0.25) is 0 Å². The van der Waals surface area contributed by atoms with E-state index >= 15 is 0 Å². The molecule has 0 radical (unpaired) electrons. The van der Waals surface area contributed by atoms with Gasteiger partial charge in [-0.15, -0.1) is 0 Å². The van der Waals surface area contributed by atoms with E-state index in [2.05, 4.69) is 50.4 Å². The third-order valence-corrected chi connectivity index (χ3v) is 3.30. The average molecular weight is 221 g/mol. The zero-order valence-corrected chi connectivity index (χ0v) is 10.6. The molecular weight excluding hydrogens is 198 g/mol. The van der Waals surface area contributed by atoms with E-state index in [1.807, 2.05) is 0 Å². The maximum absolute atomic E-state index is 9.63. The van der Waals surface area contributed by atoms with Crippen LogP contribution in [-0.2, 0) is 12.0 Å². The van der Waals surface area contributed by atoms with Crippen LogP contribution in [0, 0.1) is 0 Å². The Labute approximate surface area is 98.7 Å². The normalized spacial score (nSPS) is 14.8. The highest BCUT2D eigenvalue weighted by Gasteiger charge is 2.27. The minimum atomic E-state index is -0.277. The van der Waals surface area contributed by atoms with E-state index in [-0.39, 0.29) is 12.1 Å². The van der Waals surface area contributed by atoms with Crippen molar-refractivity contribution in [1.29, 1.82) is 0 Å². The number of aliphatic hydroxyl groups is 1. The van der Waals surface area contributed by atoms with Crippen molar-refractivity contribution < 1.29 is 5.11 Å². The van der Waals surface area contributed by atoms with Gasteiger partial charge in [0, 0.05) is 0 Å². The number of hydrogen-bond donors (Lipinski definition) is 2. The molecule has 90 valence electrons. The SMILES string of the molecule is CCNC(CC)(CO)c1ccc(CC)cc1. The summed E-state index contributed by atoms with van der Waals surface area (Å²) in [7, 11) is 0. The van der Waals surface area contributed by atoms with Crippen LogP contribution in [0.2, 0.25) is 0 Å². The summed E-state index contributed by atoms with van der Waals surface area (Å²) in [6.45, 7) is 7.33. The van der Waals surface area contributed by atoms with E-state index in [1.165, 1.54) is 11.1 Å². The zero-order valence-electron chi connectivity index (χ0n) is 10.6. The smallest absolute Gasteiger partial charge is 0.0666 e. The van der Waals surface area contributed by atoms with Gasteiger partial charge in [0.05, 0.1) is 12.1 Å². The van der Waals surface area contributed by atoms with Gasteiger partial charge in [0.25, 0.3) is 0 Å². The molecule has 1 atom stereocenters. The van der Waals surface area contributed by atoms with Crippen molar-refractivity contribution in [2.75, 3.05) is 13.2 Å². The quantitative estimate of drug-likeness (QED) is 0.773. The molecule has 1 aromatic carbocycles. The fourth-order valence-corrected chi connectivity index (χ4v) is 2.09. The van der Waals surface area contributed by atoms with Gasteiger partial charge in [0.15, 0.2) is 0 Å². The van der Waals surface area contributed by atoms with E-state index in [4.69, 9.17) is 0 Å². The Hall–Kier alpha value is -0.860. The molecule has 0 saturated heterocycles. The summed E-state index contributed by atoms with van der Waals surface area (Å²) < 4.78 is 0. The van der Waals surface area contributed by atoms with E-state index in [1.54, 1.807) is 0 Å². The molecule has 0 aromatic heterocycles. The second kappa shape index (κ2) is 6.02. The number of aliphatic hydroxyl groups excluding tert-OH is 1. The molecule has 16 heavy (non-hydrogen) atoms. The van der Waals surface area contributed by atoms with Crippen LogP contribution in [-0.4, -0.2) is 18.3 Å². The number of aryl methyl sites for hydroxylation is 1. The molecule has 0 aliphatic rings. The number of benzene rings is 1. The van der Waals surface area contributed by atoms with Gasteiger partial charge in [-0.05, 0) is 30.5 Å². The summed E-state index contributed by atoms with van der Waals surface area (Å²) in [5.41, 5.74) is 2.24. The lowest BCUT2D eigenvalue weighted by atomic mass is 9.87. The van der Waals surface area contributed by atoms with Gasteiger partial charge in [0.2, 0.25) is 0 Å². The minimum absolute atomic E-state index is 0.142. The molecule has 0 fully saturated rings. The molecule has 1 aromatic rings. The molecule has 0 bridgehead atoms. The van der Waals surface area contributed by atoms with Crippen molar-refractivity contribution >= 4 is 0 Å². The molecule has 0 spiro atoms. The van der Waals surface area contributed by atoms with Crippen LogP contribution in [0.4, 0.5) is 0 Å². The second-order valence-electron chi connectivity index (χ2n) is 4.17. The monoisotopic (exact) mass is 221 g/mol. The zero-order chi connectivity index (χ0) is 12.0. The van der Waals surface area contributed by atoms with Crippen molar-refractivity contribution in [2.24, 2.45) is 0 Å². The lowest BCUT2D eigenvalue weighted by molar-refractivity contribution is 0.157. The molecule has 0 aliphatic heterocycles. The van der Waals surface area contributed by atoms with Crippen LogP contribution >= 0.6 is 0 Å². The maximum Gasteiger partial charge on any atom is 0.0666 e. The van der Waals surface area contributed by atoms with Gasteiger partial charge in [0.1, 0.15) is 0 Å². The van der Waals surface area contributed by atoms with Gasteiger partial charge in [-0.25, -0.2) is 0 Å². The third kappa shape index (κ3) is 2.63. The highest BCUT2D eigenvalue weighted by molar-refractivity contribution is 5.29. The van der Waals surface area contributed by atoms with Gasteiger partial charge in [-0.2, -0.15) is 0 Å². The van der Waals surface area contributed by atoms with Gasteiger partial charge < -0.3 is 10.4 Å². The van der Waals surface area contributed by atoms with Crippen molar-refractivity contribution in [3.05, 3.63) is 35.4 Å². The van der Waals surface area contributed by atoms with E-state index < -0.39 is 0 Å². The Balaban J connectivity index is 3.00. The summed E-state index contributed by atoms with van der Waals surface area (Å²) in [6.07, 6.45) is 1.95. The molecule has 0 heterocycles. The summed E-state index contributed by atoms with van der Waals surface area (Å²) in [6, 6.07) is 8.54. The maximum atomic E-state index is 9.63. The molecular formula is C14H23NO. The number of rotatable bonds is 6. The Morgan fingerprint density at radius 3 is 2.12 bits per heavy atom. The average Bonchev–Trinajstić information content (AvgIpc) is 2.36. The summed E-state index contributed by atoms with van der Waals surface area (Å²) >= 11 is 0. The van der Waals surface area contributed by atoms with Crippen LogP contribution in [0.3, 0.4) is 0 Å². The predicted molar refractivity (Wildman–Crippen MR) is 68.6 cm³/mol. The van der Waals surface area contributed by atoms with Crippen molar-refractivity contribution in [1.82, 2.24) is 5.32 Å². The van der Waals surface area contributed by atoms with Crippen LogP contribution in [0.25, 0.3) is 0 Å². The number of likely N-dealkylation sites (N-methyl/N-ethyl adjacent to an activating group) is 1. The summed E-state index contributed by atoms with van der Waals surface area (Å²) in [4.78, 5) is 0. The Kier molecular flexibility index (Phi) is 4.97. The number of hydrogen-bond acceptors (Lipinski definition) is 2. The molecule has 2 heteroatoms. The lowest BCUT2D eigenvalue weighted by Crippen LogP contribution is -2.45. The molecule has 2 nitrogen and oxygen atoms in total. The van der Waals surface area contributed by atoms with Crippen molar-refractivity contribution in [3.8, 4) is 0 Å². The van der Waals surface area contributed by atoms with Crippen molar-refractivity contribution in [2.45, 2.75) is 39.2 Å². The molecule has 1 unspecified atom stereocenters. The third-order valence-electron chi connectivity index (χ3n) is 3.30. The predicted octanol–water partition coefficient (Wildman–Crippen LogP) is 2.46. The van der Waals surface area contributed by atoms with E-state index in [9.17, 15) is 5.11 Å². The molecule has 0 aliphatic carbocycles. The first-order valence-corrected chi connectivity index (χ1v) is 6.17. The fraction of sp³-hybridized carbons (Fsp3) is 0.571. The Morgan fingerprint density at radius 1 is 1.12 bits per heavy atom. The summed E-state index contributed by atoms with van der Waals surface area (Å²) in [5, 5.41) is 13.0. The topological polar surface area (TPSA) is 32.3 Å². The van der Waals surface area contributed by atoms with E-state index in [0.717, 1.165) is 19.4 Å². The highest BCUT2D eigenvalue weighted by Crippen LogP contribution is 2.24. The highest BCUT2D eigenvalue weighted by atomic mass is 16.3. The first kappa shape index (κ1) is 13.2. The lowest BCUT2D eigenvalue weighted by Gasteiger charge is -2.32. The minimum Gasteiger partial charge on any atom is -0.394 e. The van der Waals surface area contributed by atoms with Crippen LogP contribution in [0.5, 0.6) is 0 Å². The van der Waals surface area contributed by atoms with Crippen LogP contribution < -0.4 is 5.32 Å². The number of nitrogens with one attached hydrogen (secondary N) is 1. The van der Waals surface area contributed by atoms with Crippen LogP contribution in [0.1, 0.15) is 38.3 Å².